The highest BCUT2D eigenvalue weighted by Gasteiger charge is 2.07. The summed E-state index contributed by atoms with van der Waals surface area (Å²) in [5, 5.41) is 9.83. The smallest absolute Gasteiger partial charge is 0.216 e. The Bertz CT molecular complexity index is 611. The van der Waals surface area contributed by atoms with Crippen LogP contribution in [0.4, 0.5) is 5.69 Å². The largest absolute Gasteiger partial charge is 0.493 e. The van der Waals surface area contributed by atoms with E-state index in [0.717, 1.165) is 5.69 Å². The molecule has 0 aliphatic carbocycles. The molecule has 86 valence electrons. The van der Waals surface area contributed by atoms with Crippen LogP contribution in [0.3, 0.4) is 0 Å². The molecule has 17 heavy (non-hydrogen) atoms. The quantitative estimate of drug-likeness (QED) is 0.674. The van der Waals surface area contributed by atoms with Gasteiger partial charge in [-0.05, 0) is 24.4 Å². The van der Waals surface area contributed by atoms with Crippen molar-refractivity contribution in [1.82, 2.24) is 4.57 Å². The van der Waals surface area contributed by atoms with Crippen LogP contribution in [-0.4, -0.2) is 15.9 Å². The molecule has 0 saturated carbocycles. The summed E-state index contributed by atoms with van der Waals surface area (Å²) >= 11 is 6.37. The fraction of sp³-hybridized carbons (Fsp3) is 0. The standard InChI is InChI=1S/C12H10N2OS2/c1-2-14-11(15)10(17-12(14)16)8-13-9-6-4-3-5-7-9/h2-8,15H,1H2. The Hall–Kier alpha value is -1.72. The van der Waals surface area contributed by atoms with Gasteiger partial charge >= 0.3 is 0 Å². The summed E-state index contributed by atoms with van der Waals surface area (Å²) in [7, 11) is 0. The van der Waals surface area contributed by atoms with Crippen LogP contribution in [0.2, 0.25) is 0 Å². The molecular formula is C12H10N2OS2. The van der Waals surface area contributed by atoms with E-state index in [1.54, 1.807) is 6.21 Å². The van der Waals surface area contributed by atoms with Crippen LogP contribution in [0.1, 0.15) is 4.88 Å². The number of thiazole rings is 1. The minimum atomic E-state index is 0.0784. The van der Waals surface area contributed by atoms with Crippen molar-refractivity contribution in [2.24, 2.45) is 4.99 Å². The lowest BCUT2D eigenvalue weighted by molar-refractivity contribution is 0.445. The van der Waals surface area contributed by atoms with Crippen molar-refractivity contribution in [2.45, 2.75) is 0 Å². The molecule has 0 spiro atoms. The molecule has 1 heterocycles. The average Bonchev–Trinajstić information content (AvgIpc) is 2.63. The first kappa shape index (κ1) is 11.8. The van der Waals surface area contributed by atoms with Gasteiger partial charge < -0.3 is 5.11 Å². The van der Waals surface area contributed by atoms with E-state index < -0.39 is 0 Å². The summed E-state index contributed by atoms with van der Waals surface area (Å²) in [6.45, 7) is 3.58. The number of aliphatic imine (C=N–C) groups is 1. The Kier molecular flexibility index (Phi) is 3.51. The van der Waals surface area contributed by atoms with Gasteiger partial charge in [0.25, 0.3) is 0 Å². The van der Waals surface area contributed by atoms with Crippen molar-refractivity contribution in [3.8, 4) is 5.88 Å². The topological polar surface area (TPSA) is 37.5 Å². The molecule has 1 N–H and O–H groups in total. The number of rotatable bonds is 3. The number of hydrogen-bond donors (Lipinski definition) is 1. The zero-order valence-electron chi connectivity index (χ0n) is 8.91. The van der Waals surface area contributed by atoms with E-state index >= 15 is 0 Å². The minimum absolute atomic E-state index is 0.0784. The number of aromatic nitrogens is 1. The summed E-state index contributed by atoms with van der Waals surface area (Å²) in [4.78, 5) is 4.88. The molecule has 0 unspecified atom stereocenters. The number of para-hydroxylation sites is 1. The van der Waals surface area contributed by atoms with Crippen molar-refractivity contribution in [3.63, 3.8) is 0 Å². The first-order valence-corrected chi connectivity index (χ1v) is 6.11. The highest BCUT2D eigenvalue weighted by molar-refractivity contribution is 7.73. The molecule has 0 bridgehead atoms. The van der Waals surface area contributed by atoms with Gasteiger partial charge in [-0.25, -0.2) is 0 Å². The molecule has 0 aliphatic rings. The van der Waals surface area contributed by atoms with Crippen LogP contribution in [0.15, 0.2) is 41.9 Å². The van der Waals surface area contributed by atoms with E-state index in [2.05, 4.69) is 11.6 Å². The van der Waals surface area contributed by atoms with Crippen molar-refractivity contribution >= 4 is 41.7 Å². The van der Waals surface area contributed by atoms with E-state index in [1.165, 1.54) is 22.1 Å². The van der Waals surface area contributed by atoms with Crippen LogP contribution < -0.4 is 0 Å². The van der Waals surface area contributed by atoms with Crippen LogP contribution in [0, 0.1) is 3.95 Å². The van der Waals surface area contributed by atoms with Gasteiger partial charge in [0.15, 0.2) is 3.95 Å². The molecular weight excluding hydrogens is 252 g/mol. The fourth-order valence-electron chi connectivity index (χ4n) is 1.29. The first-order chi connectivity index (χ1) is 8.22. The Morgan fingerprint density at radius 3 is 2.65 bits per heavy atom. The maximum absolute atomic E-state index is 9.83. The number of hydrogen-bond acceptors (Lipinski definition) is 4. The molecule has 5 heteroatoms. The Labute approximate surface area is 108 Å². The van der Waals surface area contributed by atoms with Crippen molar-refractivity contribution in [1.29, 1.82) is 0 Å². The lowest BCUT2D eigenvalue weighted by atomic mass is 10.3. The third kappa shape index (κ3) is 2.51. The predicted molar refractivity (Wildman–Crippen MR) is 74.9 cm³/mol. The van der Waals surface area contributed by atoms with Crippen LogP contribution >= 0.6 is 23.6 Å². The molecule has 0 amide bonds. The number of benzene rings is 1. The molecule has 0 fully saturated rings. The lowest BCUT2D eigenvalue weighted by Crippen LogP contribution is -1.84. The zero-order valence-corrected chi connectivity index (χ0v) is 10.5. The van der Waals surface area contributed by atoms with Gasteiger partial charge in [0.2, 0.25) is 5.88 Å². The van der Waals surface area contributed by atoms with E-state index in [4.69, 9.17) is 12.2 Å². The van der Waals surface area contributed by atoms with Gasteiger partial charge in [0.05, 0.1) is 11.9 Å². The predicted octanol–water partition coefficient (Wildman–Crippen LogP) is 3.84. The van der Waals surface area contributed by atoms with Crippen molar-refractivity contribution in [2.75, 3.05) is 0 Å². The second-order valence-electron chi connectivity index (χ2n) is 3.20. The summed E-state index contributed by atoms with van der Waals surface area (Å²) in [5.74, 6) is 0.0784. The normalized spacial score (nSPS) is 10.8. The highest BCUT2D eigenvalue weighted by atomic mass is 32.1. The molecule has 0 atom stereocenters. The molecule has 1 aromatic carbocycles. The summed E-state index contributed by atoms with van der Waals surface area (Å²) in [5.41, 5.74) is 0.830. The minimum Gasteiger partial charge on any atom is -0.493 e. The average molecular weight is 262 g/mol. The van der Waals surface area contributed by atoms with E-state index in [9.17, 15) is 5.11 Å². The van der Waals surface area contributed by atoms with Crippen molar-refractivity contribution in [3.05, 3.63) is 45.7 Å². The maximum Gasteiger partial charge on any atom is 0.216 e. The summed E-state index contributed by atoms with van der Waals surface area (Å²) < 4.78 is 2.00. The number of aromatic hydroxyl groups is 1. The summed E-state index contributed by atoms with van der Waals surface area (Å²) in [6, 6.07) is 9.51. The van der Waals surface area contributed by atoms with Gasteiger partial charge in [0, 0.05) is 6.20 Å². The van der Waals surface area contributed by atoms with Crippen LogP contribution in [0.25, 0.3) is 6.20 Å². The Balaban J connectivity index is 2.34. The van der Waals surface area contributed by atoms with Gasteiger partial charge in [0.1, 0.15) is 4.88 Å². The van der Waals surface area contributed by atoms with Crippen LogP contribution in [0.5, 0.6) is 5.88 Å². The third-order valence-corrected chi connectivity index (χ3v) is 3.44. The van der Waals surface area contributed by atoms with Gasteiger partial charge in [-0.2, -0.15) is 0 Å². The van der Waals surface area contributed by atoms with E-state index in [0.29, 0.717) is 8.83 Å². The second-order valence-corrected chi connectivity index (χ2v) is 4.88. The Morgan fingerprint density at radius 2 is 2.06 bits per heavy atom. The van der Waals surface area contributed by atoms with Crippen molar-refractivity contribution < 1.29 is 5.11 Å². The summed E-state index contributed by atoms with van der Waals surface area (Å²) in [6.07, 6.45) is 3.08. The van der Waals surface area contributed by atoms with Crippen LogP contribution in [-0.2, 0) is 0 Å². The molecule has 1 aromatic heterocycles. The maximum atomic E-state index is 9.83. The fourth-order valence-corrected chi connectivity index (χ4v) is 2.46. The van der Waals surface area contributed by atoms with E-state index in [-0.39, 0.29) is 5.88 Å². The van der Waals surface area contributed by atoms with Gasteiger partial charge in [-0.3, -0.25) is 9.56 Å². The SMILES string of the molecule is C=Cn1c(O)c(C=Nc2ccccc2)sc1=S. The zero-order chi connectivity index (χ0) is 12.3. The monoisotopic (exact) mass is 262 g/mol. The number of nitrogens with zero attached hydrogens (tertiary/aromatic N) is 2. The molecule has 2 rings (SSSR count). The highest BCUT2D eigenvalue weighted by Crippen LogP contribution is 2.25. The molecule has 3 nitrogen and oxygen atoms in total. The van der Waals surface area contributed by atoms with E-state index in [1.807, 2.05) is 30.3 Å². The molecule has 0 aliphatic heterocycles. The molecule has 2 aromatic rings. The molecule has 0 radical (unpaired) electrons. The first-order valence-electron chi connectivity index (χ1n) is 4.88. The lowest BCUT2D eigenvalue weighted by Gasteiger charge is -1.94. The Morgan fingerprint density at radius 1 is 1.35 bits per heavy atom. The van der Waals surface area contributed by atoms with Gasteiger partial charge in [-0.1, -0.05) is 36.1 Å². The van der Waals surface area contributed by atoms with Gasteiger partial charge in [-0.15, -0.1) is 0 Å². The second kappa shape index (κ2) is 5.07. The third-order valence-electron chi connectivity index (χ3n) is 2.11. The molecule has 0 saturated heterocycles.